The third kappa shape index (κ3) is 4.07. The van der Waals surface area contributed by atoms with E-state index in [0.717, 1.165) is 12.1 Å². The predicted octanol–water partition coefficient (Wildman–Crippen LogP) is 2.59. The van der Waals surface area contributed by atoms with Crippen LogP contribution in [0.15, 0.2) is 54.1 Å². The Morgan fingerprint density at radius 2 is 2.05 bits per heavy atom. The Balaban J connectivity index is 2.01. The Labute approximate surface area is 114 Å². The lowest BCUT2D eigenvalue weighted by Crippen LogP contribution is -2.37. The van der Waals surface area contributed by atoms with E-state index >= 15 is 0 Å². The Morgan fingerprint density at radius 3 is 2.79 bits per heavy atom. The van der Waals surface area contributed by atoms with Gasteiger partial charge in [-0.1, -0.05) is 48.6 Å². The van der Waals surface area contributed by atoms with Crippen LogP contribution in [0.3, 0.4) is 0 Å². The molecule has 19 heavy (non-hydrogen) atoms. The second-order valence-corrected chi connectivity index (χ2v) is 5.17. The van der Waals surface area contributed by atoms with Gasteiger partial charge >= 0.3 is 5.97 Å². The first-order valence-electron chi connectivity index (χ1n) is 6.42. The highest BCUT2D eigenvalue weighted by molar-refractivity contribution is 5.91. The maximum atomic E-state index is 12.0. The number of rotatable bonds is 3. The molecule has 1 aliphatic rings. The van der Waals surface area contributed by atoms with Gasteiger partial charge < -0.3 is 10.1 Å². The molecule has 3 nitrogen and oxygen atoms in total. The molecule has 0 amide bonds. The quantitative estimate of drug-likeness (QED) is 0.846. The lowest BCUT2D eigenvalue weighted by atomic mass is 10.0. The Morgan fingerprint density at radius 1 is 1.32 bits per heavy atom. The molecule has 1 aliphatic heterocycles. The number of hydrogen-bond acceptors (Lipinski definition) is 3. The van der Waals surface area contributed by atoms with Crippen molar-refractivity contribution in [3.05, 3.63) is 59.7 Å². The van der Waals surface area contributed by atoms with Gasteiger partial charge in [0.1, 0.15) is 6.61 Å². The van der Waals surface area contributed by atoms with Crippen LogP contribution in [0.5, 0.6) is 0 Å². The fraction of sp³-hybridized carbons (Fsp3) is 0.312. The van der Waals surface area contributed by atoms with Gasteiger partial charge in [-0.25, -0.2) is 4.79 Å². The van der Waals surface area contributed by atoms with Gasteiger partial charge in [0.05, 0.1) is 5.57 Å². The standard InChI is InChI=1S/C16H19NO2/c1-16(2)11-14(9-6-10-17-16)15(18)19-12-13-7-4-3-5-8-13/h3-9,11,17H,10,12H2,1-2H3. The molecular formula is C16H19NO2. The summed E-state index contributed by atoms with van der Waals surface area (Å²) in [5, 5.41) is 3.31. The summed E-state index contributed by atoms with van der Waals surface area (Å²) in [5.74, 6) is -0.281. The van der Waals surface area contributed by atoms with E-state index in [-0.39, 0.29) is 11.5 Å². The fourth-order valence-corrected chi connectivity index (χ4v) is 1.93. The lowest BCUT2D eigenvalue weighted by molar-refractivity contribution is -0.139. The molecule has 0 fully saturated rings. The SMILES string of the molecule is CC1(C)C=C(C(=O)OCc2ccccc2)C=CCN1. The Hall–Kier alpha value is -1.87. The molecule has 0 aliphatic carbocycles. The topological polar surface area (TPSA) is 38.3 Å². The van der Waals surface area contributed by atoms with Gasteiger partial charge in [0.2, 0.25) is 0 Å². The predicted molar refractivity (Wildman–Crippen MR) is 75.5 cm³/mol. The molecule has 0 unspecified atom stereocenters. The normalized spacial score (nSPS) is 17.5. The molecule has 0 spiro atoms. The van der Waals surface area contributed by atoms with Gasteiger partial charge in [-0.3, -0.25) is 0 Å². The van der Waals surface area contributed by atoms with Crippen molar-refractivity contribution >= 4 is 5.97 Å². The molecular weight excluding hydrogens is 238 g/mol. The molecule has 0 saturated heterocycles. The highest BCUT2D eigenvalue weighted by Crippen LogP contribution is 2.14. The minimum Gasteiger partial charge on any atom is -0.457 e. The number of hydrogen-bond donors (Lipinski definition) is 1. The zero-order valence-electron chi connectivity index (χ0n) is 11.3. The second kappa shape index (κ2) is 5.85. The average molecular weight is 257 g/mol. The van der Waals surface area contributed by atoms with Crippen LogP contribution in [0.2, 0.25) is 0 Å². The number of esters is 1. The molecule has 3 heteroatoms. The van der Waals surface area contributed by atoms with Crippen molar-refractivity contribution in [2.24, 2.45) is 0 Å². The number of carbonyl (C=O) groups is 1. The summed E-state index contributed by atoms with van der Waals surface area (Å²) in [6.07, 6.45) is 5.66. The summed E-state index contributed by atoms with van der Waals surface area (Å²) < 4.78 is 5.33. The van der Waals surface area contributed by atoms with Crippen molar-refractivity contribution in [2.45, 2.75) is 26.0 Å². The van der Waals surface area contributed by atoms with E-state index in [0.29, 0.717) is 12.2 Å². The van der Waals surface area contributed by atoms with Gasteiger partial charge in [-0.05, 0) is 19.4 Å². The maximum absolute atomic E-state index is 12.0. The van der Waals surface area contributed by atoms with Gasteiger partial charge in [-0.2, -0.15) is 0 Å². The van der Waals surface area contributed by atoms with Gasteiger partial charge in [0.15, 0.2) is 0 Å². The van der Waals surface area contributed by atoms with Crippen LogP contribution in [0, 0.1) is 0 Å². The highest BCUT2D eigenvalue weighted by Gasteiger charge is 2.19. The first-order valence-corrected chi connectivity index (χ1v) is 6.42. The van der Waals surface area contributed by atoms with Crippen molar-refractivity contribution in [3.63, 3.8) is 0 Å². The minimum absolute atomic E-state index is 0.204. The monoisotopic (exact) mass is 257 g/mol. The first-order chi connectivity index (χ1) is 9.07. The molecule has 2 rings (SSSR count). The summed E-state index contributed by atoms with van der Waals surface area (Å²) in [4.78, 5) is 12.0. The zero-order chi connectivity index (χ0) is 13.7. The first kappa shape index (κ1) is 13.6. The van der Waals surface area contributed by atoms with Crippen molar-refractivity contribution in [1.29, 1.82) is 0 Å². The molecule has 1 N–H and O–H groups in total. The molecule has 1 heterocycles. The molecule has 0 radical (unpaired) electrons. The third-order valence-corrected chi connectivity index (χ3v) is 2.94. The third-order valence-electron chi connectivity index (χ3n) is 2.94. The average Bonchev–Trinajstić information content (AvgIpc) is 2.58. The minimum atomic E-state index is -0.281. The van der Waals surface area contributed by atoms with E-state index in [4.69, 9.17) is 4.74 Å². The molecule has 1 aromatic carbocycles. The van der Waals surface area contributed by atoms with E-state index in [9.17, 15) is 4.79 Å². The Bertz CT molecular complexity index is 501. The van der Waals surface area contributed by atoms with E-state index in [1.807, 2.05) is 62.4 Å². The summed E-state index contributed by atoms with van der Waals surface area (Å²) in [7, 11) is 0. The number of benzene rings is 1. The molecule has 100 valence electrons. The summed E-state index contributed by atoms with van der Waals surface area (Å²) in [6.45, 7) is 5.12. The van der Waals surface area contributed by atoms with Crippen molar-refractivity contribution in [1.82, 2.24) is 5.32 Å². The van der Waals surface area contributed by atoms with Crippen molar-refractivity contribution < 1.29 is 9.53 Å². The van der Waals surface area contributed by atoms with E-state index in [2.05, 4.69) is 5.32 Å². The van der Waals surface area contributed by atoms with Crippen LogP contribution in [-0.4, -0.2) is 18.1 Å². The number of ether oxygens (including phenoxy) is 1. The summed E-state index contributed by atoms with van der Waals surface area (Å²) >= 11 is 0. The largest absolute Gasteiger partial charge is 0.457 e. The van der Waals surface area contributed by atoms with Crippen LogP contribution >= 0.6 is 0 Å². The lowest BCUT2D eigenvalue weighted by Gasteiger charge is -2.20. The van der Waals surface area contributed by atoms with Crippen LogP contribution in [0.4, 0.5) is 0 Å². The molecule has 0 aromatic heterocycles. The molecule has 0 atom stereocenters. The Kier molecular flexibility index (Phi) is 4.17. The second-order valence-electron chi connectivity index (χ2n) is 5.17. The fourth-order valence-electron chi connectivity index (χ4n) is 1.93. The van der Waals surface area contributed by atoms with Crippen molar-refractivity contribution in [2.75, 3.05) is 6.54 Å². The molecule has 1 aromatic rings. The zero-order valence-corrected chi connectivity index (χ0v) is 11.3. The van der Waals surface area contributed by atoms with Crippen molar-refractivity contribution in [3.8, 4) is 0 Å². The maximum Gasteiger partial charge on any atom is 0.338 e. The smallest absolute Gasteiger partial charge is 0.338 e. The van der Waals surface area contributed by atoms with Gasteiger partial charge in [-0.15, -0.1) is 0 Å². The number of carbonyl (C=O) groups excluding carboxylic acids is 1. The summed E-state index contributed by atoms with van der Waals surface area (Å²) in [6, 6.07) is 9.68. The summed E-state index contributed by atoms with van der Waals surface area (Å²) in [5.41, 5.74) is 1.39. The van der Waals surface area contributed by atoms with Crippen LogP contribution in [-0.2, 0) is 16.1 Å². The van der Waals surface area contributed by atoms with E-state index in [1.165, 1.54) is 0 Å². The van der Waals surface area contributed by atoms with E-state index in [1.54, 1.807) is 0 Å². The van der Waals surface area contributed by atoms with Gasteiger partial charge in [0.25, 0.3) is 0 Å². The van der Waals surface area contributed by atoms with E-state index < -0.39 is 0 Å². The van der Waals surface area contributed by atoms with Crippen LogP contribution in [0.25, 0.3) is 0 Å². The van der Waals surface area contributed by atoms with Crippen LogP contribution in [0.1, 0.15) is 19.4 Å². The molecule has 0 bridgehead atoms. The molecule has 0 saturated carbocycles. The van der Waals surface area contributed by atoms with Crippen LogP contribution < -0.4 is 5.32 Å². The number of nitrogens with one attached hydrogen (secondary N) is 1. The highest BCUT2D eigenvalue weighted by atomic mass is 16.5. The van der Waals surface area contributed by atoms with Gasteiger partial charge in [0, 0.05) is 12.1 Å².